The van der Waals surface area contributed by atoms with Crippen LogP contribution < -0.4 is 0 Å². The van der Waals surface area contributed by atoms with Gasteiger partial charge in [-0.1, -0.05) is 34.6 Å². The molecule has 0 atom stereocenters. The quantitative estimate of drug-likeness (QED) is 0.720. The normalized spacial score (nSPS) is 10.4. The van der Waals surface area contributed by atoms with E-state index >= 15 is 0 Å². The van der Waals surface area contributed by atoms with E-state index in [9.17, 15) is 0 Å². The molecule has 0 bridgehead atoms. The molecule has 14 heavy (non-hydrogen) atoms. The third-order valence-corrected chi connectivity index (χ3v) is 2.38. The van der Waals surface area contributed by atoms with Gasteiger partial charge in [-0.2, -0.15) is 10.2 Å². The molecule has 0 unspecified atom stereocenters. The second-order valence-electron chi connectivity index (χ2n) is 3.80. The molecule has 80 valence electrons. The van der Waals surface area contributed by atoms with Crippen molar-refractivity contribution in [3.05, 3.63) is 23.5 Å². The molecule has 1 aromatic rings. The van der Waals surface area contributed by atoms with Crippen molar-refractivity contribution in [2.24, 2.45) is 0 Å². The molecule has 2 nitrogen and oxygen atoms in total. The van der Waals surface area contributed by atoms with Crippen LogP contribution in [-0.2, 0) is 5.41 Å². The maximum atomic E-state index is 4.17. The highest BCUT2D eigenvalue weighted by Gasteiger charge is 2.19. The van der Waals surface area contributed by atoms with Crippen molar-refractivity contribution in [1.29, 1.82) is 0 Å². The van der Waals surface area contributed by atoms with Crippen LogP contribution in [0.15, 0.2) is 12.1 Å². The van der Waals surface area contributed by atoms with E-state index in [1.807, 2.05) is 26.8 Å². The molecular formula is C12H22N2. The number of hydrogen-bond acceptors (Lipinski definition) is 2. The van der Waals surface area contributed by atoms with Gasteiger partial charge in [0, 0.05) is 5.41 Å². The lowest BCUT2D eigenvalue weighted by molar-refractivity contribution is 0.483. The fraction of sp³-hybridized carbons (Fsp3) is 0.667. The first-order valence-electron chi connectivity index (χ1n) is 5.37. The Morgan fingerprint density at radius 2 is 1.71 bits per heavy atom. The zero-order chi connectivity index (χ0) is 11.2. The molecule has 0 aromatic carbocycles. The van der Waals surface area contributed by atoms with Crippen LogP contribution in [0.5, 0.6) is 0 Å². The number of hydrogen-bond donors (Lipinski definition) is 0. The Morgan fingerprint density at radius 1 is 1.14 bits per heavy atom. The van der Waals surface area contributed by atoms with Crippen LogP contribution in [0.4, 0.5) is 0 Å². The predicted molar refractivity (Wildman–Crippen MR) is 61.4 cm³/mol. The van der Waals surface area contributed by atoms with Crippen LogP contribution in [0.2, 0.25) is 0 Å². The van der Waals surface area contributed by atoms with Gasteiger partial charge in [-0.25, -0.2) is 0 Å². The lowest BCUT2D eigenvalue weighted by Gasteiger charge is -2.20. The molecule has 0 saturated carbocycles. The Balaban J connectivity index is 0.000000791. The van der Waals surface area contributed by atoms with Gasteiger partial charge >= 0.3 is 0 Å². The number of aryl methyl sites for hydroxylation is 1. The first kappa shape index (κ1) is 13.1. The average molecular weight is 194 g/mol. The molecule has 0 aliphatic heterocycles. The van der Waals surface area contributed by atoms with Gasteiger partial charge in [0.15, 0.2) is 0 Å². The van der Waals surface area contributed by atoms with Gasteiger partial charge in [-0.15, -0.1) is 0 Å². The largest absolute Gasteiger partial charge is 0.156 e. The Labute approximate surface area is 87.8 Å². The summed E-state index contributed by atoms with van der Waals surface area (Å²) in [5.41, 5.74) is 2.21. The number of nitrogens with zero attached hydrogens (tertiary/aromatic N) is 2. The van der Waals surface area contributed by atoms with Crippen molar-refractivity contribution in [1.82, 2.24) is 10.2 Å². The average Bonchev–Trinajstić information content (AvgIpc) is 2.21. The van der Waals surface area contributed by atoms with E-state index in [-0.39, 0.29) is 5.41 Å². The Bertz CT molecular complexity index is 250. The van der Waals surface area contributed by atoms with Crippen LogP contribution in [0.3, 0.4) is 0 Å². The molecular weight excluding hydrogens is 172 g/mol. The highest BCUT2D eigenvalue weighted by Crippen LogP contribution is 2.23. The van der Waals surface area contributed by atoms with E-state index in [1.54, 1.807) is 0 Å². The maximum absolute atomic E-state index is 4.17. The first-order valence-corrected chi connectivity index (χ1v) is 5.37. The molecule has 0 saturated heterocycles. The predicted octanol–water partition coefficient (Wildman–Crippen LogP) is 3.50. The zero-order valence-corrected chi connectivity index (χ0v) is 10.3. The third kappa shape index (κ3) is 3.44. The SMILES string of the molecule is CC.CCC(C)(C)c1ccc(C)nn1. The molecule has 0 spiro atoms. The van der Waals surface area contributed by atoms with Crippen LogP contribution in [0.25, 0.3) is 0 Å². The van der Waals surface area contributed by atoms with Crippen molar-refractivity contribution < 1.29 is 0 Å². The highest BCUT2D eigenvalue weighted by molar-refractivity contribution is 5.14. The lowest BCUT2D eigenvalue weighted by atomic mass is 9.86. The van der Waals surface area contributed by atoms with Crippen molar-refractivity contribution in [3.8, 4) is 0 Å². The zero-order valence-electron chi connectivity index (χ0n) is 10.3. The monoisotopic (exact) mass is 194 g/mol. The first-order chi connectivity index (χ1) is 6.56. The standard InChI is InChI=1S/C10H16N2.C2H6/c1-5-10(3,4)9-7-6-8(2)11-12-9;1-2/h6-7H,5H2,1-4H3;1-2H3. The second-order valence-corrected chi connectivity index (χ2v) is 3.80. The summed E-state index contributed by atoms with van der Waals surface area (Å²) in [6, 6.07) is 4.07. The second kappa shape index (κ2) is 5.74. The molecule has 1 rings (SSSR count). The van der Waals surface area contributed by atoms with Crippen molar-refractivity contribution in [3.63, 3.8) is 0 Å². The van der Waals surface area contributed by atoms with Crippen LogP contribution in [0.1, 0.15) is 52.4 Å². The summed E-state index contributed by atoms with van der Waals surface area (Å²) in [7, 11) is 0. The van der Waals surface area contributed by atoms with E-state index < -0.39 is 0 Å². The van der Waals surface area contributed by atoms with Crippen LogP contribution >= 0.6 is 0 Å². The van der Waals surface area contributed by atoms with Gasteiger partial charge < -0.3 is 0 Å². The summed E-state index contributed by atoms with van der Waals surface area (Å²) < 4.78 is 0. The molecule has 0 radical (unpaired) electrons. The molecule has 1 aromatic heterocycles. The number of aromatic nitrogens is 2. The maximum Gasteiger partial charge on any atom is 0.0687 e. The van der Waals surface area contributed by atoms with Gasteiger partial charge in [-0.3, -0.25) is 0 Å². The molecule has 2 heteroatoms. The fourth-order valence-corrected chi connectivity index (χ4v) is 0.941. The van der Waals surface area contributed by atoms with Gasteiger partial charge in [0.05, 0.1) is 11.4 Å². The van der Waals surface area contributed by atoms with Crippen LogP contribution in [0, 0.1) is 6.92 Å². The van der Waals surface area contributed by atoms with E-state index in [4.69, 9.17) is 0 Å². The van der Waals surface area contributed by atoms with Gasteiger partial charge in [-0.05, 0) is 25.5 Å². The fourth-order valence-electron chi connectivity index (χ4n) is 0.941. The van der Waals surface area contributed by atoms with Crippen LogP contribution in [-0.4, -0.2) is 10.2 Å². The van der Waals surface area contributed by atoms with E-state index in [0.29, 0.717) is 0 Å². The molecule has 1 heterocycles. The van der Waals surface area contributed by atoms with E-state index in [2.05, 4.69) is 37.0 Å². The summed E-state index contributed by atoms with van der Waals surface area (Å²) in [6.07, 6.45) is 1.09. The van der Waals surface area contributed by atoms with Crippen molar-refractivity contribution in [2.75, 3.05) is 0 Å². The summed E-state index contributed by atoms with van der Waals surface area (Å²) in [5, 5.41) is 8.21. The van der Waals surface area contributed by atoms with Gasteiger partial charge in [0.1, 0.15) is 0 Å². The Kier molecular flexibility index (Phi) is 5.36. The Hall–Kier alpha value is -0.920. The summed E-state index contributed by atoms with van der Waals surface area (Å²) in [5.74, 6) is 0. The third-order valence-electron chi connectivity index (χ3n) is 2.38. The van der Waals surface area contributed by atoms with Gasteiger partial charge in [0.25, 0.3) is 0 Å². The van der Waals surface area contributed by atoms with E-state index in [1.165, 1.54) is 0 Å². The summed E-state index contributed by atoms with van der Waals surface area (Å²) >= 11 is 0. The molecule has 0 aliphatic rings. The smallest absolute Gasteiger partial charge is 0.0687 e. The highest BCUT2D eigenvalue weighted by atomic mass is 15.1. The molecule has 0 N–H and O–H groups in total. The van der Waals surface area contributed by atoms with Gasteiger partial charge in [0.2, 0.25) is 0 Å². The molecule has 0 aliphatic carbocycles. The van der Waals surface area contributed by atoms with Crippen molar-refractivity contribution >= 4 is 0 Å². The minimum Gasteiger partial charge on any atom is -0.156 e. The lowest BCUT2D eigenvalue weighted by Crippen LogP contribution is -2.17. The topological polar surface area (TPSA) is 25.8 Å². The minimum absolute atomic E-state index is 0.153. The molecule has 0 fully saturated rings. The minimum atomic E-state index is 0.153. The number of rotatable bonds is 2. The Morgan fingerprint density at radius 3 is 2.07 bits per heavy atom. The van der Waals surface area contributed by atoms with Crippen molar-refractivity contribution in [2.45, 2.75) is 53.4 Å². The summed E-state index contributed by atoms with van der Waals surface area (Å²) in [6.45, 7) is 12.5. The molecule has 0 amide bonds. The van der Waals surface area contributed by atoms with E-state index in [0.717, 1.165) is 17.8 Å². The summed E-state index contributed by atoms with van der Waals surface area (Å²) in [4.78, 5) is 0.